The van der Waals surface area contributed by atoms with E-state index >= 15 is 0 Å². The first-order chi connectivity index (χ1) is 7.84. The molecule has 0 aliphatic carbocycles. The lowest BCUT2D eigenvalue weighted by atomic mass is 10.2. The Hall–Kier alpha value is -2.03. The molecule has 3 nitrogen and oxygen atoms in total. The molecular weight excluding hydrogens is 200 g/mol. The molecule has 0 radical (unpaired) electrons. The Bertz CT molecular complexity index is 560. The Morgan fingerprint density at radius 3 is 2.81 bits per heavy atom. The van der Waals surface area contributed by atoms with Gasteiger partial charge in [-0.15, -0.1) is 0 Å². The summed E-state index contributed by atoms with van der Waals surface area (Å²) in [6, 6.07) is 11.8. The van der Waals surface area contributed by atoms with Gasteiger partial charge in [-0.1, -0.05) is 18.2 Å². The van der Waals surface area contributed by atoms with Crippen molar-refractivity contribution in [3.63, 3.8) is 0 Å². The van der Waals surface area contributed by atoms with Crippen molar-refractivity contribution in [2.45, 2.75) is 6.42 Å². The summed E-state index contributed by atoms with van der Waals surface area (Å²) in [4.78, 5) is 16.2. The number of aromatic nitrogens is 1. The summed E-state index contributed by atoms with van der Waals surface area (Å²) in [6.07, 6.45) is 2.81. The van der Waals surface area contributed by atoms with E-state index in [2.05, 4.69) is 22.0 Å². The van der Waals surface area contributed by atoms with Crippen LogP contribution in [0.1, 0.15) is 5.56 Å². The first-order valence-corrected chi connectivity index (χ1v) is 5.39. The van der Waals surface area contributed by atoms with Crippen molar-refractivity contribution >= 4 is 11.4 Å². The van der Waals surface area contributed by atoms with Crippen LogP contribution < -0.4 is 10.5 Å². The maximum absolute atomic E-state index is 11.3. The molecule has 1 N–H and O–H groups in total. The van der Waals surface area contributed by atoms with E-state index in [1.165, 1.54) is 5.56 Å². The van der Waals surface area contributed by atoms with Gasteiger partial charge in [0, 0.05) is 24.5 Å². The molecule has 3 heteroatoms. The summed E-state index contributed by atoms with van der Waals surface area (Å²) in [6.45, 7) is 0.941. The number of aromatic amines is 1. The predicted molar refractivity (Wildman–Crippen MR) is 64.2 cm³/mol. The van der Waals surface area contributed by atoms with Crippen LogP contribution in [0.15, 0.2) is 47.4 Å². The smallest absolute Gasteiger partial charge is 0.250 e. The quantitative estimate of drug-likeness (QED) is 0.785. The minimum atomic E-state index is -0.0402. The van der Waals surface area contributed by atoms with Gasteiger partial charge in [-0.2, -0.15) is 0 Å². The number of para-hydroxylation sites is 1. The van der Waals surface area contributed by atoms with Crippen LogP contribution in [-0.2, 0) is 6.42 Å². The Morgan fingerprint density at radius 1 is 1.19 bits per heavy atom. The minimum Gasteiger partial charge on any atom is -0.341 e. The molecule has 80 valence electrons. The first kappa shape index (κ1) is 9.21. The molecule has 2 heterocycles. The molecule has 0 spiro atoms. The van der Waals surface area contributed by atoms with Crippen LogP contribution in [0.4, 0.5) is 11.4 Å². The molecule has 1 aromatic carbocycles. The van der Waals surface area contributed by atoms with E-state index in [1.54, 1.807) is 6.07 Å². The highest BCUT2D eigenvalue weighted by atomic mass is 16.1. The molecule has 1 aliphatic rings. The van der Waals surface area contributed by atoms with Crippen LogP contribution in [-0.4, -0.2) is 11.5 Å². The zero-order valence-electron chi connectivity index (χ0n) is 8.81. The number of hydrogen-bond acceptors (Lipinski definition) is 2. The first-order valence-electron chi connectivity index (χ1n) is 5.39. The number of fused-ring (bicyclic) bond motifs is 1. The van der Waals surface area contributed by atoms with Gasteiger partial charge in [-0.25, -0.2) is 0 Å². The molecule has 3 rings (SSSR count). The molecule has 2 aromatic rings. The van der Waals surface area contributed by atoms with Gasteiger partial charge < -0.3 is 9.88 Å². The average Bonchev–Trinajstić information content (AvgIpc) is 2.73. The third-order valence-electron chi connectivity index (χ3n) is 2.95. The summed E-state index contributed by atoms with van der Waals surface area (Å²) in [7, 11) is 0. The van der Waals surface area contributed by atoms with Crippen molar-refractivity contribution in [1.29, 1.82) is 0 Å². The van der Waals surface area contributed by atoms with E-state index in [0.29, 0.717) is 0 Å². The van der Waals surface area contributed by atoms with Crippen LogP contribution >= 0.6 is 0 Å². The molecule has 0 fully saturated rings. The number of nitrogens with zero attached hydrogens (tertiary/aromatic N) is 1. The normalized spacial score (nSPS) is 13.9. The van der Waals surface area contributed by atoms with Gasteiger partial charge >= 0.3 is 0 Å². The Kier molecular flexibility index (Phi) is 2.03. The van der Waals surface area contributed by atoms with Crippen LogP contribution in [0, 0.1) is 0 Å². The van der Waals surface area contributed by atoms with E-state index in [9.17, 15) is 4.79 Å². The zero-order valence-corrected chi connectivity index (χ0v) is 8.81. The highest BCUT2D eigenvalue weighted by molar-refractivity contribution is 5.68. The fraction of sp³-hybridized carbons (Fsp3) is 0.154. The number of benzene rings is 1. The molecule has 1 aromatic heterocycles. The summed E-state index contributed by atoms with van der Waals surface area (Å²) in [5, 5.41) is 0. The van der Waals surface area contributed by atoms with Crippen molar-refractivity contribution in [2.75, 3.05) is 11.4 Å². The van der Waals surface area contributed by atoms with Crippen molar-refractivity contribution in [3.05, 3.63) is 58.5 Å². The monoisotopic (exact) mass is 212 g/mol. The second kappa shape index (κ2) is 3.52. The van der Waals surface area contributed by atoms with Crippen molar-refractivity contribution in [2.24, 2.45) is 0 Å². The van der Waals surface area contributed by atoms with Gasteiger partial charge in [0.2, 0.25) is 5.56 Å². The number of rotatable bonds is 1. The highest BCUT2D eigenvalue weighted by Crippen LogP contribution is 2.32. The molecule has 0 amide bonds. The topological polar surface area (TPSA) is 36.1 Å². The van der Waals surface area contributed by atoms with E-state index in [-0.39, 0.29) is 5.56 Å². The number of anilines is 2. The van der Waals surface area contributed by atoms with Crippen molar-refractivity contribution < 1.29 is 0 Å². The lowest BCUT2D eigenvalue weighted by molar-refractivity contribution is 0.996. The Morgan fingerprint density at radius 2 is 2.00 bits per heavy atom. The van der Waals surface area contributed by atoms with Gasteiger partial charge in [-0.05, 0) is 24.1 Å². The van der Waals surface area contributed by atoms with Crippen LogP contribution in [0.5, 0.6) is 0 Å². The lowest BCUT2D eigenvalue weighted by Gasteiger charge is -2.18. The van der Waals surface area contributed by atoms with E-state index < -0.39 is 0 Å². The number of H-pyrrole nitrogens is 1. The number of pyridine rings is 1. The third-order valence-corrected chi connectivity index (χ3v) is 2.95. The molecule has 0 saturated heterocycles. The summed E-state index contributed by atoms with van der Waals surface area (Å²) >= 11 is 0. The second-order valence-corrected chi connectivity index (χ2v) is 3.94. The maximum Gasteiger partial charge on any atom is 0.250 e. The molecule has 0 saturated carbocycles. The zero-order chi connectivity index (χ0) is 11.0. The summed E-state index contributed by atoms with van der Waals surface area (Å²) < 4.78 is 0. The Balaban J connectivity index is 2.09. The molecule has 1 aliphatic heterocycles. The molecule has 0 atom stereocenters. The summed E-state index contributed by atoms with van der Waals surface area (Å²) in [5.41, 5.74) is 3.35. The Labute approximate surface area is 93.4 Å². The minimum absolute atomic E-state index is 0.0402. The van der Waals surface area contributed by atoms with Crippen LogP contribution in [0.25, 0.3) is 0 Å². The van der Waals surface area contributed by atoms with Gasteiger partial charge in [0.1, 0.15) is 0 Å². The lowest BCUT2D eigenvalue weighted by Crippen LogP contribution is -2.14. The largest absolute Gasteiger partial charge is 0.341 e. The maximum atomic E-state index is 11.3. The second-order valence-electron chi connectivity index (χ2n) is 3.94. The summed E-state index contributed by atoms with van der Waals surface area (Å²) in [5.74, 6) is 0. The molecule has 0 bridgehead atoms. The third kappa shape index (κ3) is 1.41. The van der Waals surface area contributed by atoms with Crippen molar-refractivity contribution in [1.82, 2.24) is 4.98 Å². The molecule has 16 heavy (non-hydrogen) atoms. The van der Waals surface area contributed by atoms with Gasteiger partial charge in [0.15, 0.2) is 0 Å². The van der Waals surface area contributed by atoms with Crippen LogP contribution in [0.2, 0.25) is 0 Å². The van der Waals surface area contributed by atoms with E-state index in [4.69, 9.17) is 0 Å². The predicted octanol–water partition coefficient (Wildman–Crippen LogP) is 2.07. The fourth-order valence-electron chi connectivity index (χ4n) is 2.17. The molecular formula is C13H12N2O. The van der Waals surface area contributed by atoms with E-state index in [0.717, 1.165) is 24.3 Å². The van der Waals surface area contributed by atoms with Gasteiger partial charge in [-0.3, -0.25) is 4.79 Å². The average molecular weight is 212 g/mol. The standard InChI is InChI=1S/C13H12N2O/c16-13-8-12-10(9-14-13)6-7-15(12)11-4-2-1-3-5-11/h1-5,8-9H,6-7H2,(H,14,16). The van der Waals surface area contributed by atoms with Gasteiger partial charge in [0.05, 0.1) is 5.69 Å². The highest BCUT2D eigenvalue weighted by Gasteiger charge is 2.20. The van der Waals surface area contributed by atoms with E-state index in [1.807, 2.05) is 24.4 Å². The SMILES string of the molecule is O=c1cc2c(c[nH]1)CCN2c1ccccc1. The molecule has 0 unspecified atom stereocenters. The number of nitrogens with one attached hydrogen (secondary N) is 1. The van der Waals surface area contributed by atoms with Crippen molar-refractivity contribution in [3.8, 4) is 0 Å². The fourth-order valence-corrected chi connectivity index (χ4v) is 2.17. The van der Waals surface area contributed by atoms with Gasteiger partial charge in [0.25, 0.3) is 0 Å². The van der Waals surface area contributed by atoms with Crippen LogP contribution in [0.3, 0.4) is 0 Å². The number of hydrogen-bond donors (Lipinski definition) is 1.